The molecule has 0 amide bonds. The van der Waals surface area contributed by atoms with Gasteiger partial charge in [0, 0.05) is 13.6 Å². The Morgan fingerprint density at radius 2 is 1.90 bits per heavy atom. The minimum atomic E-state index is 0.935. The molecule has 0 atom stereocenters. The zero-order valence-electron chi connectivity index (χ0n) is 6.25. The van der Waals surface area contributed by atoms with Gasteiger partial charge in [-0.2, -0.15) is 0 Å². The quantitative estimate of drug-likeness (QED) is 0.594. The molecule has 1 aromatic carbocycles. The van der Waals surface area contributed by atoms with E-state index in [1.165, 1.54) is 5.56 Å². The van der Waals surface area contributed by atoms with Crippen LogP contribution in [0.4, 0.5) is 0 Å². The second kappa shape index (κ2) is 4.07. The summed E-state index contributed by atoms with van der Waals surface area (Å²) in [5.41, 5.74) is 1.37. The van der Waals surface area contributed by atoms with Gasteiger partial charge < -0.3 is 0 Å². The van der Waals surface area contributed by atoms with Gasteiger partial charge in [0.05, 0.1) is 0 Å². The normalized spacial score (nSPS) is 9.70. The van der Waals surface area contributed by atoms with Gasteiger partial charge in [-0.05, 0) is 12.0 Å². The molecule has 1 nitrogen and oxygen atoms in total. The Balaban J connectivity index is 2.43. The Hall–Kier alpha value is -0.820. The molecule has 0 aliphatic heterocycles. The molecule has 1 rings (SSSR count). The van der Waals surface area contributed by atoms with Gasteiger partial charge in [-0.25, -0.2) is 5.32 Å². The summed E-state index contributed by atoms with van der Waals surface area (Å²) in [6, 6.07) is 10.4. The standard InChI is InChI=1S/C9H12N/c1-10-8-7-9-5-3-2-4-6-9/h2-6H,7-8H2,1H3. The van der Waals surface area contributed by atoms with Crippen LogP contribution < -0.4 is 5.32 Å². The van der Waals surface area contributed by atoms with Crippen LogP contribution in [0, 0.1) is 0 Å². The molecule has 1 aromatic rings. The van der Waals surface area contributed by atoms with Gasteiger partial charge in [0.25, 0.3) is 0 Å². The Labute approximate surface area is 62.1 Å². The molecule has 53 valence electrons. The zero-order valence-corrected chi connectivity index (χ0v) is 6.25. The third-order valence-electron chi connectivity index (χ3n) is 1.47. The largest absolute Gasteiger partial charge is 0.245 e. The van der Waals surface area contributed by atoms with Crippen LogP contribution in [0.15, 0.2) is 30.3 Å². The molecule has 0 unspecified atom stereocenters. The summed E-state index contributed by atoms with van der Waals surface area (Å²) in [7, 11) is 1.85. The molecule has 0 saturated carbocycles. The summed E-state index contributed by atoms with van der Waals surface area (Å²) in [5, 5.41) is 4.03. The van der Waals surface area contributed by atoms with E-state index in [9.17, 15) is 0 Å². The summed E-state index contributed by atoms with van der Waals surface area (Å²) in [4.78, 5) is 0. The second-order valence-electron chi connectivity index (χ2n) is 2.28. The van der Waals surface area contributed by atoms with E-state index in [2.05, 4.69) is 29.6 Å². The number of nitrogens with zero attached hydrogens (tertiary/aromatic N) is 1. The average molecular weight is 134 g/mol. The first-order valence-electron chi connectivity index (χ1n) is 3.53. The maximum absolute atomic E-state index is 4.03. The fourth-order valence-corrected chi connectivity index (χ4v) is 0.886. The van der Waals surface area contributed by atoms with Gasteiger partial charge in [-0.1, -0.05) is 30.3 Å². The van der Waals surface area contributed by atoms with E-state index in [4.69, 9.17) is 0 Å². The van der Waals surface area contributed by atoms with Gasteiger partial charge >= 0.3 is 0 Å². The molecule has 0 saturated heterocycles. The Bertz CT molecular complexity index is 169. The molecule has 0 N–H and O–H groups in total. The molecule has 1 radical (unpaired) electrons. The molecule has 0 aromatic heterocycles. The molecule has 0 aliphatic carbocycles. The zero-order chi connectivity index (χ0) is 7.23. The van der Waals surface area contributed by atoms with Crippen molar-refractivity contribution in [1.82, 2.24) is 5.32 Å². The first-order valence-corrected chi connectivity index (χ1v) is 3.53. The van der Waals surface area contributed by atoms with Crippen molar-refractivity contribution in [3.63, 3.8) is 0 Å². The number of rotatable bonds is 3. The highest BCUT2D eigenvalue weighted by molar-refractivity contribution is 5.14. The molecular formula is C9H12N. The van der Waals surface area contributed by atoms with Crippen LogP contribution >= 0.6 is 0 Å². The Morgan fingerprint density at radius 1 is 1.20 bits per heavy atom. The van der Waals surface area contributed by atoms with E-state index in [-0.39, 0.29) is 0 Å². The van der Waals surface area contributed by atoms with Gasteiger partial charge in [-0.15, -0.1) is 0 Å². The van der Waals surface area contributed by atoms with E-state index in [0.29, 0.717) is 0 Å². The number of benzene rings is 1. The lowest BCUT2D eigenvalue weighted by molar-refractivity contribution is 0.777. The fraction of sp³-hybridized carbons (Fsp3) is 0.333. The molecule has 0 aliphatic rings. The van der Waals surface area contributed by atoms with Crippen molar-refractivity contribution >= 4 is 0 Å². The minimum absolute atomic E-state index is 0.935. The molecule has 0 fully saturated rings. The molecular weight excluding hydrogens is 122 g/mol. The van der Waals surface area contributed by atoms with Crippen LogP contribution in [0.25, 0.3) is 0 Å². The first-order chi connectivity index (χ1) is 4.93. The van der Waals surface area contributed by atoms with E-state index in [1.54, 1.807) is 0 Å². The lowest BCUT2D eigenvalue weighted by atomic mass is 10.2. The van der Waals surface area contributed by atoms with Gasteiger partial charge in [0.15, 0.2) is 0 Å². The number of likely N-dealkylation sites (N-methyl/N-ethyl adjacent to an activating group) is 1. The molecule has 0 heterocycles. The smallest absolute Gasteiger partial charge is 0.0170 e. The summed E-state index contributed by atoms with van der Waals surface area (Å²) < 4.78 is 0. The second-order valence-corrected chi connectivity index (χ2v) is 2.28. The van der Waals surface area contributed by atoms with Crippen LogP contribution in [0.1, 0.15) is 5.56 Å². The highest BCUT2D eigenvalue weighted by Gasteiger charge is 1.87. The van der Waals surface area contributed by atoms with Crippen LogP contribution in [0.3, 0.4) is 0 Å². The molecule has 0 spiro atoms. The SMILES string of the molecule is C[N]CCc1ccccc1. The van der Waals surface area contributed by atoms with Crippen molar-refractivity contribution < 1.29 is 0 Å². The predicted molar refractivity (Wildman–Crippen MR) is 43.1 cm³/mol. The van der Waals surface area contributed by atoms with Gasteiger partial charge in [0.1, 0.15) is 0 Å². The molecule has 1 heteroatoms. The van der Waals surface area contributed by atoms with E-state index in [0.717, 1.165) is 13.0 Å². The van der Waals surface area contributed by atoms with Crippen LogP contribution in [-0.2, 0) is 6.42 Å². The Kier molecular flexibility index (Phi) is 2.97. The van der Waals surface area contributed by atoms with E-state index >= 15 is 0 Å². The number of hydrogen-bond acceptors (Lipinski definition) is 0. The summed E-state index contributed by atoms with van der Waals surface area (Å²) in [5.74, 6) is 0. The highest BCUT2D eigenvalue weighted by atomic mass is 14.8. The Morgan fingerprint density at radius 3 is 2.50 bits per heavy atom. The minimum Gasteiger partial charge on any atom is -0.245 e. The van der Waals surface area contributed by atoms with Gasteiger partial charge in [-0.3, -0.25) is 0 Å². The van der Waals surface area contributed by atoms with Crippen molar-refractivity contribution in [2.24, 2.45) is 0 Å². The lowest BCUT2D eigenvalue weighted by Gasteiger charge is -1.96. The maximum atomic E-state index is 4.03. The van der Waals surface area contributed by atoms with Gasteiger partial charge in [0.2, 0.25) is 0 Å². The van der Waals surface area contributed by atoms with Crippen molar-refractivity contribution in [3.05, 3.63) is 35.9 Å². The topological polar surface area (TPSA) is 14.1 Å². The van der Waals surface area contributed by atoms with Crippen molar-refractivity contribution in [3.8, 4) is 0 Å². The lowest BCUT2D eigenvalue weighted by Crippen LogP contribution is -2.02. The van der Waals surface area contributed by atoms with E-state index in [1.807, 2.05) is 13.1 Å². The van der Waals surface area contributed by atoms with Crippen molar-refractivity contribution in [1.29, 1.82) is 0 Å². The highest BCUT2D eigenvalue weighted by Crippen LogP contribution is 1.97. The van der Waals surface area contributed by atoms with Crippen LogP contribution in [0.2, 0.25) is 0 Å². The van der Waals surface area contributed by atoms with Crippen molar-refractivity contribution in [2.45, 2.75) is 6.42 Å². The third kappa shape index (κ3) is 2.19. The summed E-state index contributed by atoms with van der Waals surface area (Å²) in [6.07, 6.45) is 1.07. The maximum Gasteiger partial charge on any atom is 0.0170 e. The van der Waals surface area contributed by atoms with E-state index < -0.39 is 0 Å². The average Bonchev–Trinajstić information content (AvgIpc) is 2.03. The molecule has 10 heavy (non-hydrogen) atoms. The summed E-state index contributed by atoms with van der Waals surface area (Å²) >= 11 is 0. The third-order valence-corrected chi connectivity index (χ3v) is 1.47. The molecule has 0 bridgehead atoms. The predicted octanol–water partition coefficient (Wildman–Crippen LogP) is 1.46. The fourth-order valence-electron chi connectivity index (χ4n) is 0.886. The summed E-state index contributed by atoms with van der Waals surface area (Å²) in [6.45, 7) is 0.935. The number of hydrogen-bond donors (Lipinski definition) is 0. The van der Waals surface area contributed by atoms with Crippen LogP contribution in [0.5, 0.6) is 0 Å². The van der Waals surface area contributed by atoms with Crippen LogP contribution in [-0.4, -0.2) is 13.6 Å². The van der Waals surface area contributed by atoms with Crippen molar-refractivity contribution in [2.75, 3.05) is 13.6 Å². The first kappa shape index (κ1) is 7.29. The monoisotopic (exact) mass is 134 g/mol.